The van der Waals surface area contributed by atoms with E-state index in [0.717, 1.165) is 29.7 Å². The number of benzene rings is 1. The zero-order chi connectivity index (χ0) is 23.8. The normalized spacial score (nSPS) is 11.2. The Morgan fingerprint density at radius 3 is 2.52 bits per heavy atom. The predicted octanol–water partition coefficient (Wildman–Crippen LogP) is 1.26. The molecular formula is C22H17N7O4. The molecule has 0 radical (unpaired) electrons. The zero-order valence-electron chi connectivity index (χ0n) is 17.0. The Hall–Kier alpha value is -5.11. The van der Waals surface area contributed by atoms with Crippen molar-refractivity contribution in [2.24, 2.45) is 10.7 Å². The second-order valence-corrected chi connectivity index (χ2v) is 6.56. The van der Waals surface area contributed by atoms with E-state index in [9.17, 15) is 14.4 Å². The SMILES string of the molecule is N#Cc1cnc(/N=C/C(=C\N)C(=O)NCc2ccc(-c3ccc(C(=O)O)cc3)nc2)[nH]c1=O. The van der Waals surface area contributed by atoms with Crippen molar-refractivity contribution in [3.05, 3.63) is 87.6 Å². The minimum atomic E-state index is -1.00. The number of nitrogens with zero attached hydrogens (tertiary/aromatic N) is 4. The molecule has 3 rings (SSSR count). The van der Waals surface area contributed by atoms with Gasteiger partial charge in [0, 0.05) is 30.7 Å². The third-order valence-electron chi connectivity index (χ3n) is 4.38. The van der Waals surface area contributed by atoms with Crippen LogP contribution in [0, 0.1) is 11.3 Å². The number of nitriles is 1. The first-order valence-electron chi connectivity index (χ1n) is 9.43. The molecule has 164 valence electrons. The standard InChI is InChI=1S/C22H17N7O4/c23-7-16(11-27-22-28-12-17(8-24)20(31)29-22)19(30)26-10-13-1-6-18(25-9-13)14-2-4-15(5-3-14)21(32)33/h1-7,9,11-12H,10,23H2,(H,26,30)(H,32,33)(H,28,29,31)/b16-7+,27-11+. The van der Waals surface area contributed by atoms with E-state index in [1.807, 2.05) is 0 Å². The Morgan fingerprint density at radius 2 is 1.94 bits per heavy atom. The highest BCUT2D eigenvalue weighted by Gasteiger charge is 2.08. The van der Waals surface area contributed by atoms with Gasteiger partial charge in [-0.05, 0) is 23.8 Å². The van der Waals surface area contributed by atoms with Gasteiger partial charge in [-0.25, -0.2) is 14.8 Å². The first-order chi connectivity index (χ1) is 15.9. The van der Waals surface area contributed by atoms with Gasteiger partial charge >= 0.3 is 5.97 Å². The molecule has 0 atom stereocenters. The number of pyridine rings is 1. The number of carbonyl (C=O) groups is 2. The Balaban J connectivity index is 1.61. The summed E-state index contributed by atoms with van der Waals surface area (Å²) in [5, 5.41) is 20.4. The van der Waals surface area contributed by atoms with Crippen molar-refractivity contribution in [1.29, 1.82) is 5.26 Å². The molecule has 0 unspecified atom stereocenters. The summed E-state index contributed by atoms with van der Waals surface area (Å²) >= 11 is 0. The number of nitrogens with two attached hydrogens (primary N) is 1. The van der Waals surface area contributed by atoms with Gasteiger partial charge in [-0.3, -0.25) is 19.6 Å². The van der Waals surface area contributed by atoms with Crippen molar-refractivity contribution in [2.45, 2.75) is 6.54 Å². The smallest absolute Gasteiger partial charge is 0.335 e. The molecule has 0 bridgehead atoms. The quantitative estimate of drug-likeness (QED) is 0.310. The minimum absolute atomic E-state index is 0.0325. The van der Waals surface area contributed by atoms with E-state index in [1.54, 1.807) is 36.5 Å². The number of aromatic nitrogens is 3. The first-order valence-corrected chi connectivity index (χ1v) is 9.43. The van der Waals surface area contributed by atoms with Crippen LogP contribution < -0.4 is 16.6 Å². The van der Waals surface area contributed by atoms with Crippen LogP contribution in [0.15, 0.2) is 70.4 Å². The molecule has 33 heavy (non-hydrogen) atoms. The minimum Gasteiger partial charge on any atom is -0.478 e. The lowest BCUT2D eigenvalue weighted by atomic mass is 10.1. The largest absolute Gasteiger partial charge is 0.478 e. The van der Waals surface area contributed by atoms with Gasteiger partial charge in [-0.2, -0.15) is 5.26 Å². The topological polar surface area (TPSA) is 187 Å². The van der Waals surface area contributed by atoms with Crippen molar-refractivity contribution in [3.8, 4) is 17.3 Å². The van der Waals surface area contributed by atoms with E-state index in [2.05, 4.69) is 25.3 Å². The molecular weight excluding hydrogens is 426 g/mol. The Labute approximate surface area is 187 Å². The zero-order valence-corrected chi connectivity index (χ0v) is 17.0. The number of aromatic carboxylic acids is 1. The van der Waals surface area contributed by atoms with E-state index in [4.69, 9.17) is 16.1 Å². The number of carbonyl (C=O) groups excluding carboxylic acids is 1. The predicted molar refractivity (Wildman–Crippen MR) is 118 cm³/mol. The van der Waals surface area contributed by atoms with Crippen LogP contribution in [0.3, 0.4) is 0 Å². The van der Waals surface area contributed by atoms with E-state index < -0.39 is 17.4 Å². The van der Waals surface area contributed by atoms with Crippen LogP contribution in [0.2, 0.25) is 0 Å². The lowest BCUT2D eigenvalue weighted by molar-refractivity contribution is -0.117. The van der Waals surface area contributed by atoms with Gasteiger partial charge < -0.3 is 16.2 Å². The maximum Gasteiger partial charge on any atom is 0.335 e. The lowest BCUT2D eigenvalue weighted by Crippen LogP contribution is -2.25. The molecule has 0 aliphatic rings. The molecule has 2 aromatic heterocycles. The lowest BCUT2D eigenvalue weighted by Gasteiger charge is -2.07. The number of hydrogen-bond donors (Lipinski definition) is 4. The molecule has 1 amide bonds. The molecule has 0 fully saturated rings. The van der Waals surface area contributed by atoms with E-state index in [0.29, 0.717) is 5.69 Å². The number of hydrogen-bond acceptors (Lipinski definition) is 8. The molecule has 0 saturated carbocycles. The summed E-state index contributed by atoms with van der Waals surface area (Å²) in [6.07, 6.45) is 4.87. The summed E-state index contributed by atoms with van der Waals surface area (Å²) in [6.45, 7) is 0.168. The van der Waals surface area contributed by atoms with Crippen LogP contribution in [-0.2, 0) is 11.3 Å². The van der Waals surface area contributed by atoms with Gasteiger partial charge in [-0.1, -0.05) is 18.2 Å². The average Bonchev–Trinajstić information content (AvgIpc) is 2.83. The number of nitrogens with one attached hydrogen (secondary N) is 2. The Kier molecular flexibility index (Phi) is 7.03. The molecule has 1 aromatic carbocycles. The number of aliphatic imine (C=N–C) groups is 1. The second kappa shape index (κ2) is 10.3. The Morgan fingerprint density at radius 1 is 1.18 bits per heavy atom. The van der Waals surface area contributed by atoms with Gasteiger partial charge in [0.15, 0.2) is 0 Å². The van der Waals surface area contributed by atoms with E-state index in [-0.39, 0.29) is 29.2 Å². The second-order valence-electron chi connectivity index (χ2n) is 6.56. The average molecular weight is 443 g/mol. The van der Waals surface area contributed by atoms with Crippen LogP contribution in [0.25, 0.3) is 11.3 Å². The summed E-state index contributed by atoms with van der Waals surface area (Å²) in [5.41, 5.74) is 7.05. The monoisotopic (exact) mass is 443 g/mol. The van der Waals surface area contributed by atoms with E-state index >= 15 is 0 Å². The summed E-state index contributed by atoms with van der Waals surface area (Å²) in [7, 11) is 0. The molecule has 2 heterocycles. The number of H-pyrrole nitrogens is 1. The molecule has 0 aliphatic carbocycles. The highest BCUT2D eigenvalue weighted by atomic mass is 16.4. The van der Waals surface area contributed by atoms with Gasteiger partial charge in [0.25, 0.3) is 11.5 Å². The van der Waals surface area contributed by atoms with Crippen molar-refractivity contribution in [3.63, 3.8) is 0 Å². The van der Waals surface area contributed by atoms with Crippen LogP contribution >= 0.6 is 0 Å². The maximum absolute atomic E-state index is 12.4. The maximum atomic E-state index is 12.4. The Bertz CT molecular complexity index is 1330. The van der Waals surface area contributed by atoms with Crippen LogP contribution in [0.5, 0.6) is 0 Å². The van der Waals surface area contributed by atoms with E-state index in [1.165, 1.54) is 12.1 Å². The summed E-state index contributed by atoms with van der Waals surface area (Å²) < 4.78 is 0. The van der Waals surface area contributed by atoms with Gasteiger partial charge in [0.05, 0.1) is 23.0 Å². The third-order valence-corrected chi connectivity index (χ3v) is 4.38. The van der Waals surface area contributed by atoms with Crippen molar-refractivity contribution < 1.29 is 14.7 Å². The van der Waals surface area contributed by atoms with Crippen molar-refractivity contribution in [1.82, 2.24) is 20.3 Å². The number of amides is 1. The van der Waals surface area contributed by atoms with Gasteiger partial charge in [0.2, 0.25) is 5.95 Å². The summed E-state index contributed by atoms with van der Waals surface area (Å²) in [5.74, 6) is -1.59. The highest BCUT2D eigenvalue weighted by molar-refractivity contribution is 6.12. The van der Waals surface area contributed by atoms with Gasteiger partial charge in [0.1, 0.15) is 11.6 Å². The highest BCUT2D eigenvalue weighted by Crippen LogP contribution is 2.18. The van der Waals surface area contributed by atoms with Crippen LogP contribution in [0.1, 0.15) is 21.5 Å². The summed E-state index contributed by atoms with van der Waals surface area (Å²) in [4.78, 5) is 49.2. The first kappa shape index (κ1) is 22.6. The van der Waals surface area contributed by atoms with Crippen LogP contribution in [0.4, 0.5) is 5.95 Å². The number of rotatable bonds is 7. The molecule has 0 spiro atoms. The fraction of sp³-hybridized carbons (Fsp3) is 0.0455. The number of carboxylic acid groups (broad SMARTS) is 1. The number of carboxylic acids is 1. The van der Waals surface area contributed by atoms with Gasteiger partial charge in [-0.15, -0.1) is 0 Å². The summed E-state index contributed by atoms with van der Waals surface area (Å²) in [6, 6.07) is 11.6. The van der Waals surface area contributed by atoms with Crippen molar-refractivity contribution in [2.75, 3.05) is 0 Å². The molecule has 11 nitrogen and oxygen atoms in total. The third kappa shape index (κ3) is 5.74. The van der Waals surface area contributed by atoms with Crippen molar-refractivity contribution >= 4 is 24.0 Å². The molecule has 11 heteroatoms. The fourth-order valence-corrected chi connectivity index (χ4v) is 2.61. The fourth-order valence-electron chi connectivity index (χ4n) is 2.61. The molecule has 5 N–H and O–H groups in total. The molecule has 3 aromatic rings. The molecule has 0 aliphatic heterocycles. The molecule has 0 saturated heterocycles. The number of aromatic amines is 1. The van der Waals surface area contributed by atoms with Crippen LogP contribution in [-0.4, -0.2) is 38.1 Å².